The maximum absolute atomic E-state index is 13.3. The molecule has 0 aromatic heterocycles. The van der Waals surface area contributed by atoms with Crippen molar-refractivity contribution in [3.05, 3.63) is 52.2 Å². The summed E-state index contributed by atoms with van der Waals surface area (Å²) in [6.07, 6.45) is 4.11. The number of benzene rings is 1. The molecule has 1 aliphatic rings. The largest absolute Gasteiger partial charge is 0.292 e. The summed E-state index contributed by atoms with van der Waals surface area (Å²) in [5.41, 5.74) is 8.61. The summed E-state index contributed by atoms with van der Waals surface area (Å²) in [5, 5.41) is 3.04. The molecule has 1 aliphatic carbocycles. The summed E-state index contributed by atoms with van der Waals surface area (Å²) in [6, 6.07) is 6.42. The molecule has 1 aromatic carbocycles. The molecule has 0 radical (unpaired) electrons. The molecule has 4 nitrogen and oxygen atoms in total. The van der Waals surface area contributed by atoms with Crippen molar-refractivity contribution >= 4 is 12.0 Å². The molecule has 1 saturated carbocycles. The molecule has 5 heteroatoms. The van der Waals surface area contributed by atoms with Crippen molar-refractivity contribution in [3.8, 4) is 0 Å². The molecule has 86 valence electrons. The molecule has 17 heavy (non-hydrogen) atoms. The number of rotatable bonds is 3. The quantitative estimate of drug-likeness (QED) is 0.447. The average molecular weight is 231 g/mol. The van der Waals surface area contributed by atoms with Gasteiger partial charge in [0.2, 0.25) is 5.91 Å². The predicted molar refractivity (Wildman–Crippen MR) is 61.2 cm³/mol. The number of carbonyl (C=O) groups excluding carboxylic acids is 1. The predicted octanol–water partition coefficient (Wildman–Crippen LogP) is 3.31. The van der Waals surface area contributed by atoms with Gasteiger partial charge >= 0.3 is 0 Å². The lowest BCUT2D eigenvalue weighted by Gasteiger charge is -1.94. The standard InChI is InChI=1S/C12H10FN3O/c13-11-4-2-1-3-8(11)5-6-9-7-10(9)12(17)15-16-14/h1-6,9-10H,7H2. The van der Waals surface area contributed by atoms with Crippen LogP contribution in [-0.4, -0.2) is 5.91 Å². The van der Waals surface area contributed by atoms with Crippen LogP contribution in [0.4, 0.5) is 4.39 Å². The van der Waals surface area contributed by atoms with Crippen LogP contribution in [0.1, 0.15) is 12.0 Å². The number of allylic oxidation sites excluding steroid dienone is 1. The number of halogens is 1. The molecule has 0 heterocycles. The van der Waals surface area contributed by atoms with Crippen molar-refractivity contribution < 1.29 is 9.18 Å². The van der Waals surface area contributed by atoms with Crippen LogP contribution in [0, 0.1) is 17.7 Å². The minimum atomic E-state index is -0.435. The Balaban J connectivity index is 1.98. The second-order valence-corrected chi connectivity index (χ2v) is 3.91. The Bertz CT molecular complexity index is 520. The zero-order valence-electron chi connectivity index (χ0n) is 8.95. The number of carbonyl (C=O) groups is 1. The minimum Gasteiger partial charge on any atom is -0.292 e. The second kappa shape index (κ2) is 4.80. The van der Waals surface area contributed by atoms with Crippen molar-refractivity contribution in [2.75, 3.05) is 0 Å². The Hall–Kier alpha value is -2.13. The first kappa shape index (κ1) is 11.4. The van der Waals surface area contributed by atoms with E-state index in [2.05, 4.69) is 10.0 Å². The first-order valence-corrected chi connectivity index (χ1v) is 5.24. The fourth-order valence-corrected chi connectivity index (χ4v) is 1.67. The second-order valence-electron chi connectivity index (χ2n) is 3.91. The third-order valence-electron chi connectivity index (χ3n) is 2.73. The normalized spacial score (nSPS) is 22.2. The molecular formula is C12H10FN3O. The topological polar surface area (TPSA) is 65.8 Å². The summed E-state index contributed by atoms with van der Waals surface area (Å²) in [5.74, 6) is -0.889. The van der Waals surface area contributed by atoms with Crippen LogP contribution in [0.25, 0.3) is 16.5 Å². The average Bonchev–Trinajstić information content (AvgIpc) is 3.08. The molecule has 0 saturated heterocycles. The fourth-order valence-electron chi connectivity index (χ4n) is 1.67. The van der Waals surface area contributed by atoms with Crippen molar-refractivity contribution in [3.63, 3.8) is 0 Å². The maximum atomic E-state index is 13.3. The third-order valence-corrected chi connectivity index (χ3v) is 2.73. The first-order chi connectivity index (χ1) is 8.22. The SMILES string of the molecule is [N-]=[N+]=NC(=O)C1CC1C=Cc1ccccc1F. The summed E-state index contributed by atoms with van der Waals surface area (Å²) in [6.45, 7) is 0. The van der Waals surface area contributed by atoms with Crippen LogP contribution in [0.15, 0.2) is 35.5 Å². The molecule has 1 fully saturated rings. The number of hydrogen-bond donors (Lipinski definition) is 0. The Morgan fingerprint density at radius 3 is 3.00 bits per heavy atom. The smallest absolute Gasteiger partial charge is 0.222 e. The van der Waals surface area contributed by atoms with Gasteiger partial charge in [-0.2, -0.15) is 0 Å². The Kier molecular flexibility index (Phi) is 3.21. The van der Waals surface area contributed by atoms with E-state index < -0.39 is 5.91 Å². The molecule has 0 spiro atoms. The van der Waals surface area contributed by atoms with Gasteiger partial charge in [-0.05, 0) is 29.1 Å². The Labute approximate surface area is 97.4 Å². The zero-order chi connectivity index (χ0) is 12.3. The van der Waals surface area contributed by atoms with E-state index in [1.807, 2.05) is 0 Å². The van der Waals surface area contributed by atoms with Crippen molar-refractivity contribution in [2.45, 2.75) is 6.42 Å². The monoisotopic (exact) mass is 231 g/mol. The van der Waals surface area contributed by atoms with E-state index in [-0.39, 0.29) is 17.7 Å². The Morgan fingerprint density at radius 1 is 1.53 bits per heavy atom. The van der Waals surface area contributed by atoms with Gasteiger partial charge in [0, 0.05) is 16.4 Å². The van der Waals surface area contributed by atoms with Crippen molar-refractivity contribution in [2.24, 2.45) is 17.0 Å². The lowest BCUT2D eigenvalue weighted by molar-refractivity contribution is -0.119. The molecule has 1 aromatic rings. The number of azide groups is 1. The van der Waals surface area contributed by atoms with Crippen LogP contribution in [-0.2, 0) is 4.79 Å². The lowest BCUT2D eigenvalue weighted by atomic mass is 10.1. The minimum absolute atomic E-state index is 0.0626. The number of amides is 1. The van der Waals surface area contributed by atoms with E-state index in [9.17, 15) is 9.18 Å². The van der Waals surface area contributed by atoms with Gasteiger partial charge in [0.1, 0.15) is 5.82 Å². The summed E-state index contributed by atoms with van der Waals surface area (Å²) < 4.78 is 13.3. The van der Waals surface area contributed by atoms with Crippen molar-refractivity contribution in [1.82, 2.24) is 0 Å². The highest BCUT2D eigenvalue weighted by molar-refractivity contribution is 5.82. The van der Waals surface area contributed by atoms with Crippen LogP contribution in [0.2, 0.25) is 0 Å². The molecule has 2 unspecified atom stereocenters. The summed E-state index contributed by atoms with van der Waals surface area (Å²) >= 11 is 0. The highest BCUT2D eigenvalue weighted by Crippen LogP contribution is 2.41. The van der Waals surface area contributed by atoms with Gasteiger partial charge in [0.25, 0.3) is 0 Å². The Morgan fingerprint density at radius 2 is 2.29 bits per heavy atom. The van der Waals surface area contributed by atoms with E-state index >= 15 is 0 Å². The highest BCUT2D eigenvalue weighted by Gasteiger charge is 2.40. The zero-order valence-corrected chi connectivity index (χ0v) is 8.95. The van der Waals surface area contributed by atoms with Gasteiger partial charge in [-0.15, -0.1) is 0 Å². The van der Waals surface area contributed by atoms with E-state index in [1.54, 1.807) is 30.4 Å². The molecule has 0 aliphatic heterocycles. The molecule has 2 atom stereocenters. The van der Waals surface area contributed by atoms with Gasteiger partial charge in [-0.1, -0.05) is 30.4 Å². The summed E-state index contributed by atoms with van der Waals surface area (Å²) in [7, 11) is 0. The van der Waals surface area contributed by atoms with Gasteiger partial charge in [-0.3, -0.25) is 4.79 Å². The van der Waals surface area contributed by atoms with E-state index in [4.69, 9.17) is 5.53 Å². The molecule has 2 rings (SSSR count). The highest BCUT2D eigenvalue weighted by atomic mass is 19.1. The summed E-state index contributed by atoms with van der Waals surface area (Å²) in [4.78, 5) is 13.6. The van der Waals surface area contributed by atoms with Crippen LogP contribution >= 0.6 is 0 Å². The molecule has 0 bridgehead atoms. The number of nitrogens with zero attached hydrogens (tertiary/aromatic N) is 3. The van der Waals surface area contributed by atoms with Gasteiger partial charge in [-0.25, -0.2) is 4.39 Å². The fraction of sp³-hybridized carbons (Fsp3) is 0.250. The first-order valence-electron chi connectivity index (χ1n) is 5.24. The van der Waals surface area contributed by atoms with Crippen molar-refractivity contribution in [1.29, 1.82) is 0 Å². The van der Waals surface area contributed by atoms with Crippen LogP contribution in [0.5, 0.6) is 0 Å². The van der Waals surface area contributed by atoms with Crippen LogP contribution in [0.3, 0.4) is 0 Å². The van der Waals surface area contributed by atoms with Gasteiger partial charge in [0.05, 0.1) is 0 Å². The molecule has 1 amide bonds. The maximum Gasteiger partial charge on any atom is 0.222 e. The van der Waals surface area contributed by atoms with E-state index in [0.29, 0.717) is 12.0 Å². The van der Waals surface area contributed by atoms with E-state index in [1.165, 1.54) is 6.07 Å². The molecular weight excluding hydrogens is 221 g/mol. The number of hydrogen-bond acceptors (Lipinski definition) is 1. The van der Waals surface area contributed by atoms with E-state index in [0.717, 1.165) is 0 Å². The van der Waals surface area contributed by atoms with Gasteiger partial charge < -0.3 is 0 Å². The van der Waals surface area contributed by atoms with Gasteiger partial charge in [0.15, 0.2) is 0 Å². The lowest BCUT2D eigenvalue weighted by Crippen LogP contribution is -1.95. The molecule has 0 N–H and O–H groups in total. The third kappa shape index (κ3) is 2.71. The van der Waals surface area contributed by atoms with Crippen LogP contribution < -0.4 is 0 Å².